The fourth-order valence-corrected chi connectivity index (χ4v) is 3.52. The number of carboxylic acids is 1. The maximum atomic E-state index is 10.7. The molecule has 1 aromatic carbocycles. The minimum atomic E-state index is -0.802. The van der Waals surface area contributed by atoms with Crippen LogP contribution in [0.5, 0.6) is 0 Å². The van der Waals surface area contributed by atoms with Gasteiger partial charge in [-0.3, -0.25) is 9.78 Å². The summed E-state index contributed by atoms with van der Waals surface area (Å²) < 4.78 is 0. The second-order valence-corrected chi connectivity index (χ2v) is 7.69. The summed E-state index contributed by atoms with van der Waals surface area (Å²) in [5.74, 6) is -0.802. The number of aromatic nitrogens is 2. The number of benzene rings is 1. The number of nitrogens with zero attached hydrogens (tertiary/aromatic N) is 2. The average Bonchev–Trinajstić information content (AvgIpc) is 2.59. The number of carboxylic acid groups (broad SMARTS) is 1. The van der Waals surface area contributed by atoms with Gasteiger partial charge in [-0.15, -0.1) is 11.8 Å². The highest BCUT2D eigenvalue weighted by Crippen LogP contribution is 2.33. The van der Waals surface area contributed by atoms with Crippen LogP contribution in [0.15, 0.2) is 53.7 Å². The zero-order chi connectivity index (χ0) is 17.8. The highest BCUT2D eigenvalue weighted by molar-refractivity contribution is 7.99. The molecular weight excluding hydrogens is 332 g/mol. The molecule has 128 valence electrons. The largest absolute Gasteiger partial charge is 0.481 e. The number of aryl methyl sites for hydroxylation is 1. The van der Waals surface area contributed by atoms with Crippen LogP contribution < -0.4 is 0 Å². The molecule has 4 nitrogen and oxygen atoms in total. The highest BCUT2D eigenvalue weighted by Gasteiger charge is 2.10. The molecule has 1 N–H and O–H groups in total. The number of hydrogen-bond acceptors (Lipinski definition) is 4. The van der Waals surface area contributed by atoms with Crippen LogP contribution in [0, 0.1) is 0 Å². The van der Waals surface area contributed by atoms with Gasteiger partial charge in [-0.2, -0.15) is 0 Å². The summed E-state index contributed by atoms with van der Waals surface area (Å²) >= 11 is 1.75. The fraction of sp³-hybridized carbons (Fsp3) is 0.250. The molecule has 0 fully saturated rings. The van der Waals surface area contributed by atoms with Gasteiger partial charge in [0.05, 0.1) is 11.9 Å². The Labute approximate surface area is 151 Å². The van der Waals surface area contributed by atoms with Crippen molar-refractivity contribution in [3.63, 3.8) is 0 Å². The first-order valence-electron chi connectivity index (χ1n) is 8.26. The Kier molecular flexibility index (Phi) is 5.34. The molecule has 0 amide bonds. The van der Waals surface area contributed by atoms with E-state index in [2.05, 4.69) is 42.0 Å². The van der Waals surface area contributed by atoms with Gasteiger partial charge in [0.25, 0.3) is 0 Å². The molecule has 0 aliphatic rings. The van der Waals surface area contributed by atoms with E-state index in [4.69, 9.17) is 5.11 Å². The molecule has 25 heavy (non-hydrogen) atoms. The molecule has 3 rings (SSSR count). The van der Waals surface area contributed by atoms with Crippen LogP contribution >= 0.6 is 11.8 Å². The van der Waals surface area contributed by atoms with E-state index >= 15 is 0 Å². The molecule has 0 saturated carbocycles. The Morgan fingerprint density at radius 2 is 2.04 bits per heavy atom. The van der Waals surface area contributed by atoms with E-state index in [1.807, 2.05) is 30.5 Å². The van der Waals surface area contributed by atoms with E-state index in [0.717, 1.165) is 32.7 Å². The SMILES string of the molecule is CC(C)Sc1ncccc1-c1ccc2nc(CCC(=O)O)ccc2c1. The normalized spacial score (nSPS) is 11.2. The van der Waals surface area contributed by atoms with Crippen molar-refractivity contribution < 1.29 is 9.90 Å². The first-order valence-corrected chi connectivity index (χ1v) is 9.14. The third-order valence-corrected chi connectivity index (χ3v) is 4.79. The average molecular weight is 352 g/mol. The van der Waals surface area contributed by atoms with Crippen LogP contribution in [0.4, 0.5) is 0 Å². The second-order valence-electron chi connectivity index (χ2n) is 6.13. The van der Waals surface area contributed by atoms with Crippen LogP contribution in [0.2, 0.25) is 0 Å². The molecule has 2 heterocycles. The van der Waals surface area contributed by atoms with Crippen LogP contribution in [-0.4, -0.2) is 26.3 Å². The standard InChI is InChI=1S/C20H20N2O2S/c1-13(2)25-20-17(4-3-11-21-20)14-6-9-18-15(12-14)5-7-16(22-18)8-10-19(23)24/h3-7,9,11-13H,8,10H2,1-2H3,(H,23,24). The van der Waals surface area contributed by atoms with Crippen molar-refractivity contribution in [3.05, 3.63) is 54.4 Å². The quantitative estimate of drug-likeness (QED) is 0.645. The van der Waals surface area contributed by atoms with Crippen molar-refractivity contribution in [2.24, 2.45) is 0 Å². The lowest BCUT2D eigenvalue weighted by atomic mass is 10.0. The first-order chi connectivity index (χ1) is 12.0. The molecule has 0 radical (unpaired) electrons. The number of fused-ring (bicyclic) bond motifs is 1. The fourth-order valence-electron chi connectivity index (χ4n) is 2.64. The first kappa shape index (κ1) is 17.4. The number of aliphatic carboxylic acids is 1. The van der Waals surface area contributed by atoms with Crippen molar-refractivity contribution in [1.82, 2.24) is 9.97 Å². The highest BCUT2D eigenvalue weighted by atomic mass is 32.2. The van der Waals surface area contributed by atoms with Crippen LogP contribution in [0.3, 0.4) is 0 Å². The molecule has 0 bridgehead atoms. The molecule has 0 atom stereocenters. The van der Waals surface area contributed by atoms with Gasteiger partial charge in [0.2, 0.25) is 0 Å². The minimum absolute atomic E-state index is 0.0993. The molecule has 0 aliphatic carbocycles. The van der Waals surface area contributed by atoms with E-state index < -0.39 is 5.97 Å². The van der Waals surface area contributed by atoms with Gasteiger partial charge < -0.3 is 5.11 Å². The summed E-state index contributed by atoms with van der Waals surface area (Å²) in [5, 5.41) is 11.3. The molecule has 0 saturated heterocycles. The third-order valence-electron chi connectivity index (χ3n) is 3.77. The summed E-state index contributed by atoms with van der Waals surface area (Å²) in [6.07, 6.45) is 2.37. The number of thioether (sulfide) groups is 1. The van der Waals surface area contributed by atoms with Gasteiger partial charge in [-0.25, -0.2) is 4.98 Å². The van der Waals surface area contributed by atoms with E-state index in [0.29, 0.717) is 11.7 Å². The Hall–Kier alpha value is -2.40. The second kappa shape index (κ2) is 7.66. The van der Waals surface area contributed by atoms with Gasteiger partial charge in [0.15, 0.2) is 0 Å². The number of hydrogen-bond donors (Lipinski definition) is 1. The summed E-state index contributed by atoms with van der Waals surface area (Å²) in [6, 6.07) is 14.1. The van der Waals surface area contributed by atoms with Gasteiger partial charge in [0.1, 0.15) is 5.03 Å². The lowest BCUT2D eigenvalue weighted by Crippen LogP contribution is -1.99. The monoisotopic (exact) mass is 352 g/mol. The van der Waals surface area contributed by atoms with Crippen LogP contribution in [0.1, 0.15) is 26.0 Å². The van der Waals surface area contributed by atoms with Crippen molar-refractivity contribution in [3.8, 4) is 11.1 Å². The smallest absolute Gasteiger partial charge is 0.303 e. The topological polar surface area (TPSA) is 63.1 Å². The van der Waals surface area contributed by atoms with Gasteiger partial charge in [0, 0.05) is 34.5 Å². The zero-order valence-corrected chi connectivity index (χ0v) is 15.1. The molecule has 2 aromatic heterocycles. The molecule has 0 spiro atoms. The van der Waals surface area contributed by atoms with E-state index in [9.17, 15) is 4.79 Å². The number of carbonyl (C=O) groups is 1. The van der Waals surface area contributed by atoms with Crippen molar-refractivity contribution in [2.45, 2.75) is 37.0 Å². The van der Waals surface area contributed by atoms with Gasteiger partial charge in [-0.1, -0.05) is 32.0 Å². The molecule has 0 unspecified atom stereocenters. The Balaban J connectivity index is 1.94. The predicted octanol–water partition coefficient (Wildman–Crippen LogP) is 4.81. The Bertz CT molecular complexity index is 909. The Morgan fingerprint density at radius 1 is 1.20 bits per heavy atom. The molecule has 0 aliphatic heterocycles. The molecular formula is C20H20N2O2S. The summed E-state index contributed by atoms with van der Waals surface area (Å²) in [6.45, 7) is 4.32. The van der Waals surface area contributed by atoms with Crippen LogP contribution in [0.25, 0.3) is 22.0 Å². The maximum absolute atomic E-state index is 10.7. The maximum Gasteiger partial charge on any atom is 0.303 e. The minimum Gasteiger partial charge on any atom is -0.481 e. The van der Waals surface area contributed by atoms with Crippen molar-refractivity contribution in [2.75, 3.05) is 0 Å². The summed E-state index contributed by atoms with van der Waals surface area (Å²) in [7, 11) is 0. The zero-order valence-electron chi connectivity index (χ0n) is 14.3. The molecule has 5 heteroatoms. The number of rotatable bonds is 6. The lowest BCUT2D eigenvalue weighted by Gasteiger charge is -2.11. The van der Waals surface area contributed by atoms with Crippen molar-refractivity contribution in [1.29, 1.82) is 0 Å². The summed E-state index contributed by atoms with van der Waals surface area (Å²) in [4.78, 5) is 19.8. The van der Waals surface area contributed by atoms with E-state index in [1.165, 1.54) is 0 Å². The lowest BCUT2D eigenvalue weighted by molar-refractivity contribution is -0.136. The summed E-state index contributed by atoms with van der Waals surface area (Å²) in [5.41, 5.74) is 3.93. The van der Waals surface area contributed by atoms with Gasteiger partial charge >= 0.3 is 5.97 Å². The van der Waals surface area contributed by atoms with E-state index in [-0.39, 0.29) is 6.42 Å². The van der Waals surface area contributed by atoms with Crippen molar-refractivity contribution >= 4 is 28.6 Å². The Morgan fingerprint density at radius 3 is 2.80 bits per heavy atom. The predicted molar refractivity (Wildman–Crippen MR) is 102 cm³/mol. The van der Waals surface area contributed by atoms with Gasteiger partial charge in [-0.05, 0) is 29.8 Å². The third kappa shape index (κ3) is 4.37. The molecule has 3 aromatic rings. The van der Waals surface area contributed by atoms with E-state index in [1.54, 1.807) is 11.8 Å². The number of pyridine rings is 2. The van der Waals surface area contributed by atoms with Crippen LogP contribution in [-0.2, 0) is 11.2 Å².